The molecule has 8 heteroatoms. The normalized spacial score (nSPS) is 24.4. The molecule has 4 rings (SSSR count). The molecule has 0 saturated carbocycles. The van der Waals surface area contributed by atoms with E-state index in [1.165, 1.54) is 0 Å². The summed E-state index contributed by atoms with van der Waals surface area (Å²) in [7, 11) is 1.83. The summed E-state index contributed by atoms with van der Waals surface area (Å²) < 4.78 is 11.1. The predicted octanol–water partition coefficient (Wildman–Crippen LogP) is 1.94. The van der Waals surface area contributed by atoms with E-state index in [2.05, 4.69) is 20.3 Å². The number of benzene rings is 1. The molecule has 0 unspecified atom stereocenters. The van der Waals surface area contributed by atoms with Gasteiger partial charge in [-0.15, -0.1) is 0 Å². The number of carbonyl (C=O) groups excluding carboxylic acids is 2. The third-order valence-electron chi connectivity index (χ3n) is 5.73. The number of aromatic nitrogens is 2. The van der Waals surface area contributed by atoms with E-state index >= 15 is 0 Å². The number of rotatable bonds is 3. The number of amides is 2. The number of para-hydroxylation sites is 1. The Morgan fingerprint density at radius 1 is 1.32 bits per heavy atom. The van der Waals surface area contributed by atoms with Crippen LogP contribution < -0.4 is 10.1 Å². The molecule has 2 amide bonds. The van der Waals surface area contributed by atoms with Gasteiger partial charge in [0, 0.05) is 38.4 Å². The lowest BCUT2D eigenvalue weighted by molar-refractivity contribution is -0.129. The molecular weight excluding hydrogens is 360 g/mol. The lowest BCUT2D eigenvalue weighted by atomic mass is 9.82. The number of ether oxygens (including phenoxy) is 1. The van der Waals surface area contributed by atoms with Gasteiger partial charge < -0.3 is 15.0 Å². The summed E-state index contributed by atoms with van der Waals surface area (Å²) in [5.74, 6) is 0.765. The van der Waals surface area contributed by atoms with Crippen LogP contribution in [0.3, 0.4) is 0 Å². The summed E-state index contributed by atoms with van der Waals surface area (Å²) in [5.41, 5.74) is 1.65. The van der Waals surface area contributed by atoms with E-state index in [0.29, 0.717) is 37.2 Å². The van der Waals surface area contributed by atoms with E-state index in [-0.39, 0.29) is 24.3 Å². The van der Waals surface area contributed by atoms with Crippen molar-refractivity contribution in [2.45, 2.75) is 50.7 Å². The largest absolute Gasteiger partial charge is 0.487 e. The van der Waals surface area contributed by atoms with Gasteiger partial charge in [-0.25, -0.2) is 4.63 Å². The number of hydrogen-bond acceptors (Lipinski definition) is 6. The van der Waals surface area contributed by atoms with Crippen molar-refractivity contribution in [2.24, 2.45) is 0 Å². The zero-order valence-electron chi connectivity index (χ0n) is 16.1. The zero-order valence-corrected chi connectivity index (χ0v) is 16.1. The number of likely N-dealkylation sites (tertiary alicyclic amines) is 1. The molecule has 3 heterocycles. The summed E-state index contributed by atoms with van der Waals surface area (Å²) in [6.45, 7) is 2.41. The molecular formula is C20H24N4O4. The predicted molar refractivity (Wildman–Crippen MR) is 99.5 cm³/mol. The highest BCUT2D eigenvalue weighted by atomic mass is 16.6. The van der Waals surface area contributed by atoms with Crippen molar-refractivity contribution in [3.05, 3.63) is 41.2 Å². The maximum absolute atomic E-state index is 12.7. The third-order valence-corrected chi connectivity index (χ3v) is 5.73. The van der Waals surface area contributed by atoms with Gasteiger partial charge in [0.25, 0.3) is 0 Å². The minimum atomic E-state index is -0.460. The van der Waals surface area contributed by atoms with Crippen LogP contribution in [0.1, 0.15) is 48.7 Å². The fourth-order valence-electron chi connectivity index (χ4n) is 4.01. The molecule has 1 aromatic heterocycles. The second-order valence-electron chi connectivity index (χ2n) is 7.69. The summed E-state index contributed by atoms with van der Waals surface area (Å²) in [6.07, 6.45) is 2.57. The van der Waals surface area contributed by atoms with Gasteiger partial charge in [0.2, 0.25) is 11.8 Å². The number of fused-ring (bicyclic) bond motifs is 1. The molecule has 2 aliphatic rings. The second-order valence-corrected chi connectivity index (χ2v) is 7.69. The van der Waals surface area contributed by atoms with Crippen molar-refractivity contribution in [1.82, 2.24) is 20.5 Å². The summed E-state index contributed by atoms with van der Waals surface area (Å²) >= 11 is 0. The van der Waals surface area contributed by atoms with Crippen LogP contribution in [0, 0.1) is 6.92 Å². The monoisotopic (exact) mass is 384 g/mol. The molecule has 2 atom stereocenters. The average Bonchev–Trinajstić information content (AvgIpc) is 3.03. The van der Waals surface area contributed by atoms with E-state index < -0.39 is 5.60 Å². The third kappa shape index (κ3) is 3.58. The molecule has 2 aromatic rings. The van der Waals surface area contributed by atoms with Crippen LogP contribution in [0.5, 0.6) is 5.75 Å². The van der Waals surface area contributed by atoms with Gasteiger partial charge in [-0.1, -0.05) is 28.5 Å². The fraction of sp³-hybridized carbons (Fsp3) is 0.500. The molecule has 1 N–H and O–H groups in total. The molecule has 0 bridgehead atoms. The van der Waals surface area contributed by atoms with Gasteiger partial charge in [-0.05, 0) is 19.4 Å². The van der Waals surface area contributed by atoms with E-state index in [4.69, 9.17) is 4.74 Å². The number of aryl methyl sites for hydroxylation is 1. The SMILES string of the molecule is Cc1nonc1CC(=O)N[C@@H]1C[C@]2(CCC(=O)N(C)CC2)Oc2ccccc21. The van der Waals surface area contributed by atoms with Crippen molar-refractivity contribution in [3.63, 3.8) is 0 Å². The summed E-state index contributed by atoms with van der Waals surface area (Å²) in [5, 5.41) is 10.6. The molecule has 1 saturated heterocycles. The first-order chi connectivity index (χ1) is 13.5. The average molecular weight is 384 g/mol. The Balaban J connectivity index is 1.56. The second kappa shape index (κ2) is 7.26. The van der Waals surface area contributed by atoms with Gasteiger partial charge in [-0.2, -0.15) is 0 Å². The molecule has 1 aromatic carbocycles. The first-order valence-electron chi connectivity index (χ1n) is 9.55. The molecule has 1 spiro atoms. The fourth-order valence-corrected chi connectivity index (χ4v) is 4.01. The Kier molecular flexibility index (Phi) is 4.78. The van der Waals surface area contributed by atoms with E-state index in [0.717, 1.165) is 17.7 Å². The van der Waals surface area contributed by atoms with Gasteiger partial charge in [0.15, 0.2) is 0 Å². The Hall–Kier alpha value is -2.90. The van der Waals surface area contributed by atoms with E-state index in [1.807, 2.05) is 31.3 Å². The molecule has 8 nitrogen and oxygen atoms in total. The highest BCUT2D eigenvalue weighted by Gasteiger charge is 2.43. The molecule has 1 fully saturated rings. The summed E-state index contributed by atoms with van der Waals surface area (Å²) in [4.78, 5) is 26.6. The maximum atomic E-state index is 12.7. The van der Waals surface area contributed by atoms with Crippen LogP contribution >= 0.6 is 0 Å². The van der Waals surface area contributed by atoms with E-state index in [9.17, 15) is 9.59 Å². The van der Waals surface area contributed by atoms with Crippen molar-refractivity contribution >= 4 is 11.8 Å². The lowest BCUT2D eigenvalue weighted by Gasteiger charge is -2.42. The Labute approximate surface area is 163 Å². The van der Waals surface area contributed by atoms with Crippen molar-refractivity contribution in [1.29, 1.82) is 0 Å². The van der Waals surface area contributed by atoms with Crippen molar-refractivity contribution in [3.8, 4) is 5.75 Å². The van der Waals surface area contributed by atoms with Crippen LogP contribution in [0.2, 0.25) is 0 Å². The lowest BCUT2D eigenvalue weighted by Crippen LogP contribution is -2.46. The Morgan fingerprint density at radius 2 is 2.14 bits per heavy atom. The Bertz CT molecular complexity index is 896. The number of nitrogens with one attached hydrogen (secondary N) is 1. The van der Waals surface area contributed by atoms with Crippen LogP contribution in [0.4, 0.5) is 0 Å². The maximum Gasteiger partial charge on any atom is 0.226 e. The molecule has 0 aliphatic carbocycles. The molecule has 28 heavy (non-hydrogen) atoms. The molecule has 2 aliphatic heterocycles. The van der Waals surface area contributed by atoms with Crippen LogP contribution in [-0.2, 0) is 16.0 Å². The quantitative estimate of drug-likeness (QED) is 0.869. The van der Waals surface area contributed by atoms with Crippen molar-refractivity contribution in [2.75, 3.05) is 13.6 Å². The van der Waals surface area contributed by atoms with Crippen LogP contribution in [0.25, 0.3) is 0 Å². The first-order valence-corrected chi connectivity index (χ1v) is 9.55. The first kappa shape index (κ1) is 18.5. The number of nitrogens with zero attached hydrogens (tertiary/aromatic N) is 3. The minimum absolute atomic E-state index is 0.114. The molecule has 0 radical (unpaired) electrons. The van der Waals surface area contributed by atoms with Gasteiger partial charge in [0.05, 0.1) is 12.5 Å². The van der Waals surface area contributed by atoms with E-state index in [1.54, 1.807) is 11.8 Å². The number of hydrogen-bond donors (Lipinski definition) is 1. The highest BCUT2D eigenvalue weighted by Crippen LogP contribution is 2.44. The van der Waals surface area contributed by atoms with Gasteiger partial charge in [-0.3, -0.25) is 9.59 Å². The van der Waals surface area contributed by atoms with Crippen molar-refractivity contribution < 1.29 is 19.0 Å². The Morgan fingerprint density at radius 3 is 2.93 bits per heavy atom. The topological polar surface area (TPSA) is 97.6 Å². The standard InChI is InChI=1S/C20H24N4O4/c1-13-15(23-28-22-13)11-18(25)21-16-12-20(8-7-19(26)24(2)10-9-20)27-17-6-4-3-5-14(16)17/h3-6,16H,7-12H2,1-2H3,(H,21,25)/t16-,20-/m1/s1. The minimum Gasteiger partial charge on any atom is -0.487 e. The van der Waals surface area contributed by atoms with Gasteiger partial charge >= 0.3 is 0 Å². The highest BCUT2D eigenvalue weighted by molar-refractivity contribution is 5.79. The van der Waals surface area contributed by atoms with Crippen LogP contribution in [-0.4, -0.2) is 46.2 Å². The smallest absolute Gasteiger partial charge is 0.226 e. The number of carbonyl (C=O) groups is 2. The molecule has 148 valence electrons. The summed E-state index contributed by atoms with van der Waals surface area (Å²) in [6, 6.07) is 7.59. The van der Waals surface area contributed by atoms with Gasteiger partial charge in [0.1, 0.15) is 22.7 Å². The van der Waals surface area contributed by atoms with Crippen LogP contribution in [0.15, 0.2) is 28.9 Å². The zero-order chi connectivity index (χ0) is 19.7.